The fourth-order valence-corrected chi connectivity index (χ4v) is 10.6. The van der Waals surface area contributed by atoms with E-state index in [2.05, 4.69) is 347 Å². The normalized spacial score (nSPS) is 11.0. The average Bonchev–Trinajstić information content (AvgIpc) is 4.00. The molecule has 0 bridgehead atoms. The topological polar surface area (TPSA) is 38.4 Å². The maximum atomic E-state index is 5.39. The number of imidazole rings is 1. The quantitative estimate of drug-likeness (QED) is 0.111. The molecule has 0 aliphatic carbocycles. The van der Waals surface area contributed by atoms with E-state index in [-0.39, 0.29) is 0 Å². The Balaban J connectivity index is 0.806. The fourth-order valence-electron chi connectivity index (χ4n) is 10.6. The minimum atomic E-state index is 0.806. The first kappa shape index (κ1) is 48.9. The number of aromatic nitrogens is 2. The maximum Gasteiger partial charge on any atom is 0.138 e. The van der Waals surface area contributed by atoms with Crippen molar-refractivity contribution in [2.45, 2.75) is 0 Å². The molecule has 0 aliphatic heterocycles. The van der Waals surface area contributed by atoms with Gasteiger partial charge in [-0.2, -0.15) is 0 Å². The predicted molar refractivity (Wildman–Crippen MR) is 335 cm³/mol. The Morgan fingerprint density at radius 1 is 0.188 bits per heavy atom. The number of hydrogen-bond acceptors (Lipinski definition) is 4. The van der Waals surface area contributed by atoms with Crippen molar-refractivity contribution in [3.8, 4) is 67.3 Å². The van der Waals surface area contributed by atoms with Gasteiger partial charge >= 0.3 is 0 Å². The molecule has 0 unspecified atom stereocenters. The van der Waals surface area contributed by atoms with E-state index in [9.17, 15) is 0 Å². The smallest absolute Gasteiger partial charge is 0.138 e. The first-order chi connectivity index (χ1) is 39.7. The van der Waals surface area contributed by atoms with Gasteiger partial charge < -0.3 is 19.7 Å². The second-order valence-corrected chi connectivity index (χ2v) is 19.7. The Morgan fingerprint density at radius 3 is 0.650 bits per heavy atom. The largest absolute Gasteiger partial charge is 0.337 e. The third-order valence-corrected chi connectivity index (χ3v) is 14.7. The van der Waals surface area contributed by atoms with Gasteiger partial charge in [0.15, 0.2) is 0 Å². The maximum absolute atomic E-state index is 5.39. The van der Waals surface area contributed by atoms with Gasteiger partial charge in [0.05, 0.1) is 11.4 Å². The molecule has 12 aromatic carbocycles. The molecule has 1 N–H and O–H groups in total. The van der Waals surface area contributed by atoms with Crippen LogP contribution in [-0.4, -0.2) is 9.97 Å². The van der Waals surface area contributed by atoms with Crippen molar-refractivity contribution < 1.29 is 0 Å². The van der Waals surface area contributed by atoms with Gasteiger partial charge in [0.1, 0.15) is 5.82 Å². The van der Waals surface area contributed by atoms with Crippen LogP contribution < -0.4 is 14.7 Å². The second-order valence-electron chi connectivity index (χ2n) is 19.7. The van der Waals surface area contributed by atoms with Crippen molar-refractivity contribution in [3.05, 3.63) is 328 Å². The summed E-state index contributed by atoms with van der Waals surface area (Å²) in [4.78, 5) is 16.1. The van der Waals surface area contributed by atoms with Gasteiger partial charge in [0.2, 0.25) is 0 Å². The molecular formula is C75H55N5. The van der Waals surface area contributed by atoms with Crippen LogP contribution in [-0.2, 0) is 0 Å². The first-order valence-electron chi connectivity index (χ1n) is 27.1. The van der Waals surface area contributed by atoms with Gasteiger partial charge in [-0.3, -0.25) is 0 Å². The Kier molecular flexibility index (Phi) is 13.7. The van der Waals surface area contributed by atoms with E-state index >= 15 is 0 Å². The van der Waals surface area contributed by atoms with Gasteiger partial charge in [-0.15, -0.1) is 0 Å². The number of para-hydroxylation sites is 6. The zero-order valence-corrected chi connectivity index (χ0v) is 44.0. The lowest BCUT2D eigenvalue weighted by Gasteiger charge is -2.25. The van der Waals surface area contributed by atoms with E-state index in [0.29, 0.717) is 0 Å². The van der Waals surface area contributed by atoms with Gasteiger partial charge in [-0.05, 0) is 143 Å². The summed E-state index contributed by atoms with van der Waals surface area (Å²) in [6.07, 6.45) is 0. The van der Waals surface area contributed by atoms with E-state index in [1.165, 1.54) is 0 Å². The Hall–Kier alpha value is -10.8. The lowest BCUT2D eigenvalue weighted by Crippen LogP contribution is -2.09. The summed E-state index contributed by atoms with van der Waals surface area (Å²) in [5.74, 6) is 0.806. The van der Waals surface area contributed by atoms with Crippen LogP contribution in [0, 0.1) is 0 Å². The minimum Gasteiger partial charge on any atom is -0.337 e. The van der Waals surface area contributed by atoms with Crippen LogP contribution in [0.2, 0.25) is 0 Å². The Morgan fingerprint density at radius 2 is 0.388 bits per heavy atom. The molecule has 0 radical (unpaired) electrons. The molecule has 13 aromatic rings. The molecule has 5 nitrogen and oxygen atoms in total. The molecule has 5 heteroatoms. The molecule has 0 spiro atoms. The van der Waals surface area contributed by atoms with Crippen LogP contribution in [0.5, 0.6) is 0 Å². The summed E-state index contributed by atoms with van der Waals surface area (Å²) in [7, 11) is 0. The highest BCUT2D eigenvalue weighted by Gasteiger charge is 2.19. The van der Waals surface area contributed by atoms with Crippen LogP contribution in [0.15, 0.2) is 328 Å². The number of anilines is 9. The van der Waals surface area contributed by atoms with E-state index in [1.54, 1.807) is 0 Å². The third-order valence-electron chi connectivity index (χ3n) is 14.7. The molecule has 0 aliphatic rings. The third kappa shape index (κ3) is 10.3. The molecule has 0 atom stereocenters. The fraction of sp³-hybridized carbons (Fsp3) is 0. The number of hydrogen-bond donors (Lipinski definition) is 1. The summed E-state index contributed by atoms with van der Waals surface area (Å²) in [5, 5.41) is 0. The van der Waals surface area contributed by atoms with Gasteiger partial charge in [0.25, 0.3) is 0 Å². The SMILES string of the molecule is c1ccc(N(c2ccccc2)c2ccc(-c3ccc(-c4nc(-c5ccc(-c6ccc(N(c7ccccc7)c7ccccc7)cc6)cc5)c(-c5ccc(-c6ccc(N(c7ccccc7)c7ccccc7)cc6)cc5)[nH]4)cc3)cc2)cc1. The van der Waals surface area contributed by atoms with Crippen LogP contribution in [0.25, 0.3) is 67.3 Å². The first-order valence-corrected chi connectivity index (χ1v) is 27.1. The number of benzene rings is 12. The molecule has 13 rings (SSSR count). The Bertz CT molecular complexity index is 3770. The van der Waals surface area contributed by atoms with Gasteiger partial charge in [-0.1, -0.05) is 218 Å². The summed E-state index contributed by atoms with van der Waals surface area (Å²) in [5.41, 5.74) is 21.7. The van der Waals surface area contributed by atoms with Gasteiger partial charge in [-0.25, -0.2) is 4.98 Å². The number of rotatable bonds is 15. The molecule has 80 heavy (non-hydrogen) atoms. The van der Waals surface area contributed by atoms with Crippen molar-refractivity contribution in [1.29, 1.82) is 0 Å². The van der Waals surface area contributed by atoms with E-state index in [4.69, 9.17) is 4.98 Å². The van der Waals surface area contributed by atoms with Crippen molar-refractivity contribution in [2.75, 3.05) is 14.7 Å². The molecular weight excluding hydrogens is 971 g/mol. The van der Waals surface area contributed by atoms with E-state index < -0.39 is 0 Å². The van der Waals surface area contributed by atoms with Crippen LogP contribution >= 0.6 is 0 Å². The predicted octanol–water partition coefficient (Wildman–Crippen LogP) is 20.8. The van der Waals surface area contributed by atoms with E-state index in [1.807, 2.05) is 0 Å². The number of aromatic amines is 1. The van der Waals surface area contributed by atoms with Crippen LogP contribution in [0.1, 0.15) is 0 Å². The molecule has 380 valence electrons. The molecule has 0 amide bonds. The van der Waals surface area contributed by atoms with Crippen molar-refractivity contribution >= 4 is 51.2 Å². The average molecular weight is 1030 g/mol. The highest BCUT2D eigenvalue weighted by atomic mass is 15.2. The summed E-state index contributed by atoms with van der Waals surface area (Å²) >= 11 is 0. The van der Waals surface area contributed by atoms with Gasteiger partial charge in [0, 0.05) is 67.9 Å². The lowest BCUT2D eigenvalue weighted by molar-refractivity contribution is 1.28. The number of H-pyrrole nitrogens is 1. The standard InChI is InChI=1S/C75H55N5/c1-7-19-64(20-8-1)78(65-21-9-2-10-22-65)70-49-43-58(44-50-70)55-31-37-61(38-32-55)73-74(62-39-33-56(34-40-62)59-45-51-71(52-46-59)79(66-23-11-3-12-24-66)67-25-13-4-14-26-67)77-75(76-73)63-41-35-57(36-42-63)60-47-53-72(54-48-60)80(68-27-15-5-16-28-68)69-29-17-6-18-30-69/h1-54H,(H,76,77). The van der Waals surface area contributed by atoms with E-state index in [0.717, 1.165) is 118 Å². The number of nitrogens with one attached hydrogen (secondary N) is 1. The molecule has 0 saturated carbocycles. The molecule has 1 heterocycles. The summed E-state index contributed by atoms with van der Waals surface area (Å²) in [6.45, 7) is 0. The summed E-state index contributed by atoms with van der Waals surface area (Å²) < 4.78 is 0. The monoisotopic (exact) mass is 1030 g/mol. The van der Waals surface area contributed by atoms with Crippen molar-refractivity contribution in [2.24, 2.45) is 0 Å². The summed E-state index contributed by atoms with van der Waals surface area (Å²) in [6, 6.07) is 116. The minimum absolute atomic E-state index is 0.806. The zero-order valence-electron chi connectivity index (χ0n) is 44.0. The molecule has 1 aromatic heterocycles. The second kappa shape index (κ2) is 22.5. The zero-order chi connectivity index (χ0) is 53.5. The molecule has 0 saturated heterocycles. The lowest BCUT2D eigenvalue weighted by atomic mass is 9.98. The highest BCUT2D eigenvalue weighted by molar-refractivity contribution is 5.86. The Labute approximate surface area is 468 Å². The number of nitrogens with zero attached hydrogens (tertiary/aromatic N) is 4. The van der Waals surface area contributed by atoms with Crippen LogP contribution in [0.4, 0.5) is 51.2 Å². The van der Waals surface area contributed by atoms with Crippen molar-refractivity contribution in [3.63, 3.8) is 0 Å². The molecule has 0 fully saturated rings. The highest BCUT2D eigenvalue weighted by Crippen LogP contribution is 2.41. The van der Waals surface area contributed by atoms with Crippen molar-refractivity contribution in [1.82, 2.24) is 9.97 Å². The van der Waals surface area contributed by atoms with Crippen LogP contribution in [0.3, 0.4) is 0 Å².